The summed E-state index contributed by atoms with van der Waals surface area (Å²) in [4.78, 5) is 0. The fourth-order valence-corrected chi connectivity index (χ4v) is 4.33. The number of unbranched alkanes of at least 4 members (excludes halogenated alkanes) is 3. The Hall–Kier alpha value is -0.280. The first-order chi connectivity index (χ1) is 13.7. The Morgan fingerprint density at radius 3 is 2.11 bits per heavy atom. The van der Waals surface area contributed by atoms with E-state index in [0.717, 1.165) is 45.1 Å². The van der Waals surface area contributed by atoms with Crippen LogP contribution in [-0.4, -0.2) is 64.3 Å². The summed E-state index contributed by atoms with van der Waals surface area (Å²) >= 11 is 0. The van der Waals surface area contributed by atoms with Gasteiger partial charge in [0.15, 0.2) is 12.1 Å². The maximum absolute atomic E-state index is 6.35. The minimum atomic E-state index is -0.816. The van der Waals surface area contributed by atoms with E-state index in [2.05, 4.69) is 20.8 Å². The Morgan fingerprint density at radius 2 is 1.46 bits per heavy atom. The monoisotopic (exact) mass is 402 g/mol. The molecule has 7 nitrogen and oxygen atoms in total. The molecule has 7 atom stereocenters. The van der Waals surface area contributed by atoms with Crippen LogP contribution in [0.15, 0.2) is 0 Å². The van der Waals surface area contributed by atoms with Crippen molar-refractivity contribution in [2.75, 3.05) is 33.5 Å². The molecule has 1 aliphatic carbocycles. The molecule has 2 bridgehead atoms. The van der Waals surface area contributed by atoms with Crippen molar-refractivity contribution in [3.05, 3.63) is 0 Å². The Morgan fingerprint density at radius 1 is 0.821 bits per heavy atom. The third-order valence-corrected chi connectivity index (χ3v) is 5.92. The summed E-state index contributed by atoms with van der Waals surface area (Å²) in [7, 11) is 1.58. The molecule has 2 heterocycles. The van der Waals surface area contributed by atoms with Crippen LogP contribution in [-0.2, 0) is 33.2 Å². The third kappa shape index (κ3) is 4.41. The molecule has 0 radical (unpaired) electrons. The lowest BCUT2D eigenvalue weighted by molar-refractivity contribution is -0.575. The average Bonchev–Trinajstić information content (AvgIpc) is 2.90. The van der Waals surface area contributed by atoms with E-state index in [0.29, 0.717) is 19.8 Å². The zero-order chi connectivity index (χ0) is 20.0. The lowest BCUT2D eigenvalue weighted by atomic mass is 9.88. The van der Waals surface area contributed by atoms with Crippen molar-refractivity contribution in [3.63, 3.8) is 0 Å². The van der Waals surface area contributed by atoms with Gasteiger partial charge in [0.2, 0.25) is 0 Å². The predicted octanol–water partition coefficient (Wildman–Crippen LogP) is 3.45. The van der Waals surface area contributed by atoms with Crippen molar-refractivity contribution in [3.8, 4) is 0 Å². The number of rotatable bonds is 14. The summed E-state index contributed by atoms with van der Waals surface area (Å²) in [6.45, 7) is 8.40. The molecule has 3 rings (SSSR count). The smallest absolute Gasteiger partial charge is 0.276 e. The number of methoxy groups -OCH3 is 1. The van der Waals surface area contributed by atoms with Crippen LogP contribution in [0.3, 0.4) is 0 Å². The number of hydrogen-bond acceptors (Lipinski definition) is 7. The first kappa shape index (κ1) is 22.4. The van der Waals surface area contributed by atoms with Crippen LogP contribution in [0.5, 0.6) is 0 Å². The molecule has 0 N–H and O–H groups in total. The summed E-state index contributed by atoms with van der Waals surface area (Å²) in [5, 5.41) is 0. The van der Waals surface area contributed by atoms with Crippen LogP contribution >= 0.6 is 0 Å². The summed E-state index contributed by atoms with van der Waals surface area (Å²) in [6.07, 6.45) is 5.70. The molecule has 2 saturated heterocycles. The first-order valence-corrected chi connectivity index (χ1v) is 11.1. The van der Waals surface area contributed by atoms with Crippen LogP contribution in [0.2, 0.25) is 0 Å². The minimum Gasteiger partial charge on any atom is -0.381 e. The summed E-state index contributed by atoms with van der Waals surface area (Å²) in [6, 6.07) is 0. The van der Waals surface area contributed by atoms with Gasteiger partial charge < -0.3 is 23.7 Å². The highest BCUT2D eigenvalue weighted by Crippen LogP contribution is 2.60. The molecule has 1 saturated carbocycles. The van der Waals surface area contributed by atoms with Gasteiger partial charge in [0.1, 0.15) is 0 Å². The molecule has 3 fully saturated rings. The van der Waals surface area contributed by atoms with E-state index in [4.69, 9.17) is 33.2 Å². The van der Waals surface area contributed by atoms with Crippen molar-refractivity contribution >= 4 is 0 Å². The van der Waals surface area contributed by atoms with Gasteiger partial charge >= 0.3 is 0 Å². The van der Waals surface area contributed by atoms with Crippen LogP contribution in [0.25, 0.3) is 0 Å². The second-order valence-electron chi connectivity index (χ2n) is 7.92. The molecule has 164 valence electrons. The predicted molar refractivity (Wildman–Crippen MR) is 103 cm³/mol. The second kappa shape index (κ2) is 10.7. The van der Waals surface area contributed by atoms with Crippen molar-refractivity contribution < 1.29 is 33.2 Å². The molecule has 0 aromatic heterocycles. The summed E-state index contributed by atoms with van der Waals surface area (Å²) in [5.41, 5.74) is 0. The lowest BCUT2D eigenvalue weighted by Crippen LogP contribution is -2.71. The van der Waals surface area contributed by atoms with Gasteiger partial charge in [-0.25, -0.2) is 0 Å². The molecule has 6 unspecified atom stereocenters. The Kier molecular flexibility index (Phi) is 8.53. The standard InChI is InChI=1S/C21H38O7/c1-5-8-11-23-14-15-17(24-12-9-6-2)18(25-13-10-7-3)16-19-26-20(22-4)28-21(15,16)27-19/h15-20H,5-14H2,1-4H3/t15?,16?,17?,18?,19?,20-,21?/m0/s1. The van der Waals surface area contributed by atoms with Crippen molar-refractivity contribution in [1.82, 2.24) is 0 Å². The van der Waals surface area contributed by atoms with E-state index in [1.54, 1.807) is 7.11 Å². The molecule has 0 spiro atoms. The molecule has 0 aromatic rings. The van der Waals surface area contributed by atoms with E-state index in [-0.39, 0.29) is 30.3 Å². The highest BCUT2D eigenvalue weighted by atomic mass is 17.0. The van der Waals surface area contributed by atoms with Crippen LogP contribution in [0, 0.1) is 11.8 Å². The molecular weight excluding hydrogens is 364 g/mol. The maximum atomic E-state index is 6.35. The second-order valence-corrected chi connectivity index (χ2v) is 7.92. The van der Waals surface area contributed by atoms with Gasteiger partial charge in [-0.1, -0.05) is 40.0 Å². The topological polar surface area (TPSA) is 64.6 Å². The van der Waals surface area contributed by atoms with Crippen LogP contribution < -0.4 is 0 Å². The number of ether oxygens (including phenoxy) is 7. The van der Waals surface area contributed by atoms with Gasteiger partial charge in [0, 0.05) is 26.9 Å². The van der Waals surface area contributed by atoms with E-state index in [1.165, 1.54) is 0 Å². The Labute approximate surface area is 169 Å². The zero-order valence-corrected chi connectivity index (χ0v) is 17.9. The van der Waals surface area contributed by atoms with Gasteiger partial charge in [0.05, 0.1) is 30.7 Å². The van der Waals surface area contributed by atoms with E-state index < -0.39 is 12.3 Å². The van der Waals surface area contributed by atoms with E-state index in [9.17, 15) is 0 Å². The lowest BCUT2D eigenvalue weighted by Gasteiger charge is -2.58. The molecule has 2 aliphatic heterocycles. The van der Waals surface area contributed by atoms with Crippen LogP contribution in [0.1, 0.15) is 59.3 Å². The molecule has 7 heteroatoms. The Bertz CT molecular complexity index is 462. The van der Waals surface area contributed by atoms with Gasteiger partial charge in [-0.15, -0.1) is 0 Å². The first-order valence-electron chi connectivity index (χ1n) is 11.1. The highest BCUT2D eigenvalue weighted by molar-refractivity contribution is 5.13. The molecule has 3 aliphatic rings. The largest absolute Gasteiger partial charge is 0.381 e. The zero-order valence-electron chi connectivity index (χ0n) is 17.9. The quantitative estimate of drug-likeness (QED) is 0.412. The molecular formula is C21H38O7. The third-order valence-electron chi connectivity index (χ3n) is 5.92. The van der Waals surface area contributed by atoms with Crippen LogP contribution in [0.4, 0.5) is 0 Å². The van der Waals surface area contributed by atoms with Gasteiger partial charge in [-0.05, 0) is 19.3 Å². The van der Waals surface area contributed by atoms with Crippen molar-refractivity contribution in [2.24, 2.45) is 11.8 Å². The number of hydrogen-bond donors (Lipinski definition) is 0. The van der Waals surface area contributed by atoms with Gasteiger partial charge in [-0.2, -0.15) is 0 Å². The summed E-state index contributed by atoms with van der Waals surface area (Å²) in [5.74, 6) is -0.915. The van der Waals surface area contributed by atoms with Crippen molar-refractivity contribution in [1.29, 1.82) is 0 Å². The fourth-order valence-electron chi connectivity index (χ4n) is 4.33. The average molecular weight is 403 g/mol. The molecule has 0 aromatic carbocycles. The van der Waals surface area contributed by atoms with Gasteiger partial charge in [0.25, 0.3) is 6.48 Å². The van der Waals surface area contributed by atoms with Gasteiger partial charge in [-0.3, -0.25) is 9.47 Å². The minimum absolute atomic E-state index is 0.0258. The highest BCUT2D eigenvalue weighted by Gasteiger charge is 2.77. The van der Waals surface area contributed by atoms with E-state index >= 15 is 0 Å². The normalized spacial score (nSPS) is 39.0. The summed E-state index contributed by atoms with van der Waals surface area (Å²) < 4.78 is 42.0. The SMILES string of the molecule is CCCCOCC1C(OCCCC)C(OCCCC)C2C3O[C@H](OC)OC12O3. The molecule has 28 heavy (non-hydrogen) atoms. The fraction of sp³-hybridized carbons (Fsp3) is 1.00. The van der Waals surface area contributed by atoms with E-state index in [1.807, 2.05) is 0 Å². The molecule has 0 amide bonds. The Balaban J connectivity index is 1.76. The van der Waals surface area contributed by atoms with Crippen molar-refractivity contribution in [2.45, 2.75) is 90.1 Å². The maximum Gasteiger partial charge on any atom is 0.276 e.